The number of ether oxygens (including phenoxy) is 1. The number of guanidine groups is 1. The van der Waals surface area contributed by atoms with E-state index in [-0.39, 0.29) is 61.8 Å². The van der Waals surface area contributed by atoms with Gasteiger partial charge in [-0.25, -0.2) is 8.98 Å². The van der Waals surface area contributed by atoms with Crippen LogP contribution in [0.2, 0.25) is 5.02 Å². The van der Waals surface area contributed by atoms with Crippen LogP contribution >= 0.6 is 11.6 Å². The average Bonchev–Trinajstić information content (AvgIpc) is 3.25. The van der Waals surface area contributed by atoms with Gasteiger partial charge in [-0.05, 0) is 62.1 Å². The van der Waals surface area contributed by atoms with E-state index in [1.807, 2.05) is 0 Å². The largest absolute Gasteiger partial charge is 0.506 e. The van der Waals surface area contributed by atoms with Gasteiger partial charge in [0, 0.05) is 20.0 Å². The first-order valence-corrected chi connectivity index (χ1v) is 23.1. The monoisotopic (exact) mass is 975 g/mol. The average molecular weight is 977 g/mol. The van der Waals surface area contributed by atoms with Crippen molar-refractivity contribution < 1.29 is 70.8 Å². The molecule has 2 aliphatic heterocycles. The molecule has 3 rings (SSSR count). The fraction of sp³-hybridized carbons (Fsp3) is 0.650. The van der Waals surface area contributed by atoms with Crippen LogP contribution in [0.25, 0.3) is 0 Å². The minimum atomic E-state index is -5.14. The number of amides is 6. The Balaban J connectivity index is 2.26. The van der Waals surface area contributed by atoms with Crippen LogP contribution in [0.15, 0.2) is 23.2 Å². The number of hydrogen-bond donors (Lipinski definition) is 10. The van der Waals surface area contributed by atoms with E-state index in [1.165, 1.54) is 25.2 Å². The highest BCUT2D eigenvalue weighted by atomic mass is 35.5. The maximum Gasteiger partial charge on any atom is 0.397 e. The van der Waals surface area contributed by atoms with Gasteiger partial charge in [0.05, 0.1) is 5.02 Å². The Bertz CT molecular complexity index is 2080. The minimum Gasteiger partial charge on any atom is -0.506 e. The Labute approximate surface area is 387 Å². The van der Waals surface area contributed by atoms with Crippen LogP contribution < -0.4 is 32.7 Å². The number of phenols is 1. The van der Waals surface area contributed by atoms with Crippen LogP contribution in [0.1, 0.15) is 78.7 Å². The van der Waals surface area contributed by atoms with Crippen molar-refractivity contribution in [2.24, 2.45) is 28.3 Å². The molecule has 2 saturated heterocycles. The van der Waals surface area contributed by atoms with E-state index in [4.69, 9.17) is 32.4 Å². The smallest absolute Gasteiger partial charge is 0.397 e. The number of aliphatic hydroxyl groups is 2. The molecule has 370 valence electrons. The second-order valence-corrected chi connectivity index (χ2v) is 17.9. The van der Waals surface area contributed by atoms with Crippen LogP contribution in [0.5, 0.6) is 5.75 Å². The maximum absolute atomic E-state index is 14.8. The molecule has 2 bridgehead atoms. The lowest BCUT2D eigenvalue weighted by atomic mass is 9.91. The first kappa shape index (κ1) is 55.0. The molecule has 0 spiro atoms. The molecule has 24 nitrogen and oxygen atoms in total. The number of benzene rings is 1. The molecule has 0 aliphatic carbocycles. The number of aliphatic imine (C=N–C) groups is 1. The number of hydrogen-bond acceptors (Lipinski definition) is 15. The summed E-state index contributed by atoms with van der Waals surface area (Å²) in [4.78, 5) is 105. The van der Waals surface area contributed by atoms with E-state index >= 15 is 0 Å². The molecule has 0 saturated carbocycles. The summed E-state index contributed by atoms with van der Waals surface area (Å²) in [6.45, 7) is 6.53. The number of carbonyl (C=O) groups excluding carboxylic acids is 7. The maximum atomic E-state index is 14.8. The fourth-order valence-corrected chi connectivity index (χ4v) is 7.81. The van der Waals surface area contributed by atoms with Gasteiger partial charge in [-0.2, -0.15) is 8.42 Å². The summed E-state index contributed by atoms with van der Waals surface area (Å²) >= 11 is 6.22. The molecule has 0 radical (unpaired) electrons. The third-order valence-electron chi connectivity index (χ3n) is 11.6. The molecule has 12 N–H and O–H groups in total. The fourth-order valence-electron chi connectivity index (χ4n) is 7.31. The quantitative estimate of drug-likeness (QED) is 0.0297. The number of nitrogens with zero attached hydrogens (tertiary/aromatic N) is 3. The van der Waals surface area contributed by atoms with Crippen LogP contribution in [-0.2, 0) is 59.3 Å². The SMILES string of the molecule is CCC(C)[C@@H]1NC(=O)[C@@H](Cc2ccc(O)c(Cl)c2)N(C)C(=O)[C@H](C(C)CC)N2C(=O)C(CC[C@H]2O)NC(=O)[C@H](CCCN=C(N)N)NC(=O)[C@@H](NC(=O)[C@@H](O)COS(=O)(=O)O)C(C)OC1=O. The lowest BCUT2D eigenvalue weighted by Crippen LogP contribution is -2.66. The van der Waals surface area contributed by atoms with Gasteiger partial charge < -0.3 is 62.6 Å². The third-order valence-corrected chi connectivity index (χ3v) is 12.3. The number of piperidine rings is 1. The van der Waals surface area contributed by atoms with E-state index < -0.39 is 125 Å². The molecule has 1 aromatic carbocycles. The Kier molecular flexibility index (Phi) is 20.4. The van der Waals surface area contributed by atoms with Gasteiger partial charge in [-0.3, -0.25) is 38.3 Å². The molecule has 4 unspecified atom stereocenters. The summed E-state index contributed by atoms with van der Waals surface area (Å²) in [6, 6.07) is -5.13. The molecule has 1 aromatic rings. The zero-order valence-corrected chi connectivity index (χ0v) is 39.1. The summed E-state index contributed by atoms with van der Waals surface area (Å²) < 4.78 is 41.1. The molecule has 11 atom stereocenters. The van der Waals surface area contributed by atoms with Gasteiger partial charge in [0.1, 0.15) is 60.9 Å². The molecular weight excluding hydrogens is 914 g/mol. The number of likely N-dealkylation sites (N-methyl/N-ethyl adjacent to an activating group) is 1. The first-order valence-electron chi connectivity index (χ1n) is 21.3. The number of phenolic OH excluding ortho intramolecular Hbond substituents is 1. The highest BCUT2D eigenvalue weighted by Crippen LogP contribution is 2.29. The summed E-state index contributed by atoms with van der Waals surface area (Å²) in [5.41, 5.74) is 11.3. The normalized spacial score (nSPS) is 26.6. The van der Waals surface area contributed by atoms with Crippen molar-refractivity contribution in [2.75, 3.05) is 20.2 Å². The Morgan fingerprint density at radius 2 is 1.67 bits per heavy atom. The second kappa shape index (κ2) is 24.4. The number of aliphatic hydroxyl groups excluding tert-OH is 2. The lowest BCUT2D eigenvalue weighted by molar-refractivity contribution is -0.168. The number of esters is 1. The van der Waals surface area contributed by atoms with Crippen LogP contribution in [0.4, 0.5) is 0 Å². The van der Waals surface area contributed by atoms with Crippen molar-refractivity contribution in [3.05, 3.63) is 28.8 Å². The van der Waals surface area contributed by atoms with E-state index in [2.05, 4.69) is 30.4 Å². The van der Waals surface area contributed by atoms with Gasteiger partial charge in [-0.1, -0.05) is 58.2 Å². The number of cyclic esters (lactones) is 1. The summed E-state index contributed by atoms with van der Waals surface area (Å²) in [5, 5.41) is 41.7. The number of fused-ring (bicyclic) bond motifs is 2. The lowest BCUT2D eigenvalue weighted by Gasteiger charge is -2.44. The standard InChI is InChI=1S/C40H62ClN9O15S/c1-7-19(3)30-39(60)65-21(5)31(48-35(56)28(52)18-64-66(61,62)63)36(57)45-24(10-9-15-44-40(42)43)33(54)46-25-12-14-29(53)50(37(25)58)32(20(4)8-2)38(59)49(6)26(34(55)47-30)17-22-11-13-27(51)23(41)16-22/h11,13,16,19-21,24-26,28-32,51-53H,7-10,12,14-15,17-18H2,1-6H3,(H,45,57)(H,46,54)(H,47,55)(H,48,56)(H4,42,43,44)(H,61,62,63)/t19?,20?,21?,24-,25?,26+,28-,29+,30-,31-,32-/m0/s1. The van der Waals surface area contributed by atoms with Gasteiger partial charge in [0.2, 0.25) is 29.5 Å². The van der Waals surface area contributed by atoms with Crippen molar-refractivity contribution >= 4 is 69.4 Å². The van der Waals surface area contributed by atoms with Crippen molar-refractivity contribution in [3.63, 3.8) is 0 Å². The van der Waals surface area contributed by atoms with Crippen molar-refractivity contribution in [2.45, 2.75) is 134 Å². The van der Waals surface area contributed by atoms with Crippen molar-refractivity contribution in [3.8, 4) is 5.75 Å². The Morgan fingerprint density at radius 3 is 2.26 bits per heavy atom. The summed E-state index contributed by atoms with van der Waals surface area (Å²) in [6.07, 6.45) is -5.62. The molecule has 2 fully saturated rings. The number of aromatic hydroxyl groups is 1. The molecular formula is C40H62ClN9O15S. The van der Waals surface area contributed by atoms with Gasteiger partial charge >= 0.3 is 16.4 Å². The molecule has 26 heteroatoms. The second-order valence-electron chi connectivity index (χ2n) is 16.4. The molecule has 0 aromatic heterocycles. The number of nitrogens with one attached hydrogen (secondary N) is 4. The van der Waals surface area contributed by atoms with E-state index in [9.17, 15) is 57.3 Å². The molecule has 6 amide bonds. The van der Waals surface area contributed by atoms with E-state index in [0.717, 1.165) is 16.7 Å². The Hall–Kier alpha value is -5.34. The zero-order valence-electron chi connectivity index (χ0n) is 37.5. The molecule has 2 aliphatic rings. The van der Waals surface area contributed by atoms with Gasteiger partial charge in [0.15, 0.2) is 12.1 Å². The first-order chi connectivity index (χ1) is 30.8. The Morgan fingerprint density at radius 1 is 1.02 bits per heavy atom. The van der Waals surface area contributed by atoms with E-state index in [1.54, 1.807) is 27.7 Å². The van der Waals surface area contributed by atoms with Gasteiger partial charge in [0.25, 0.3) is 5.91 Å². The van der Waals surface area contributed by atoms with E-state index in [0.29, 0.717) is 12.0 Å². The summed E-state index contributed by atoms with van der Waals surface area (Å²) in [7, 11) is -3.83. The van der Waals surface area contributed by atoms with Crippen molar-refractivity contribution in [1.82, 2.24) is 31.1 Å². The topological polar surface area (TPSA) is 372 Å². The molecule has 2 heterocycles. The molecule has 66 heavy (non-hydrogen) atoms. The van der Waals surface area contributed by atoms with Gasteiger partial charge in [-0.15, -0.1) is 0 Å². The van der Waals surface area contributed by atoms with Crippen LogP contribution in [-0.4, -0.2) is 160 Å². The predicted octanol–water partition coefficient (Wildman–Crippen LogP) is -2.06. The minimum absolute atomic E-state index is 0.0336. The highest BCUT2D eigenvalue weighted by molar-refractivity contribution is 7.80. The number of halogens is 1. The predicted molar refractivity (Wildman–Crippen MR) is 235 cm³/mol. The number of nitrogens with two attached hydrogens (primary N) is 2. The number of carbonyl (C=O) groups is 7. The van der Waals surface area contributed by atoms with Crippen LogP contribution in [0, 0.1) is 11.8 Å². The zero-order chi connectivity index (χ0) is 49.8. The number of rotatable bonds is 15. The third kappa shape index (κ3) is 15.1. The highest BCUT2D eigenvalue weighted by Gasteiger charge is 2.47. The summed E-state index contributed by atoms with van der Waals surface area (Å²) in [5.74, 6) is -9.14. The van der Waals surface area contributed by atoms with Crippen LogP contribution in [0.3, 0.4) is 0 Å². The van der Waals surface area contributed by atoms with Crippen molar-refractivity contribution in [1.29, 1.82) is 0 Å².